The van der Waals surface area contributed by atoms with Crippen LogP contribution in [0, 0.1) is 0 Å². The Kier molecular flexibility index (Phi) is 1.96. The molecule has 10 heavy (non-hydrogen) atoms. The molecule has 4 nitrogen and oxygen atoms in total. The summed E-state index contributed by atoms with van der Waals surface area (Å²) in [5.74, 6) is -1.99. The van der Waals surface area contributed by atoms with Crippen molar-refractivity contribution in [2.24, 2.45) is 0 Å². The van der Waals surface area contributed by atoms with E-state index >= 15 is 0 Å². The molecule has 1 aliphatic rings. The second-order valence-corrected chi connectivity index (χ2v) is 2.82. The first-order valence-corrected chi connectivity index (χ1v) is 3.33. The normalized spacial score (nSPS) is 39.6. The van der Waals surface area contributed by atoms with Crippen molar-refractivity contribution in [2.75, 3.05) is 0 Å². The molecule has 1 fully saturated rings. The van der Waals surface area contributed by atoms with Crippen LogP contribution in [0.25, 0.3) is 0 Å². The zero-order valence-corrected chi connectivity index (χ0v) is 5.56. The summed E-state index contributed by atoms with van der Waals surface area (Å²) in [7, 11) is 0. The Labute approximate surface area is 58.7 Å². The monoisotopic (exact) mass is 148 g/mol. The van der Waals surface area contributed by atoms with Gasteiger partial charge in [0.15, 0.2) is 5.79 Å². The Morgan fingerprint density at radius 3 is 2.20 bits per heavy atom. The van der Waals surface area contributed by atoms with E-state index in [1.54, 1.807) is 0 Å². The number of aliphatic hydroxyl groups is 4. The van der Waals surface area contributed by atoms with E-state index < -0.39 is 18.0 Å². The van der Waals surface area contributed by atoms with Gasteiger partial charge in [0.05, 0.1) is 6.10 Å². The smallest absolute Gasteiger partial charge is 0.189 e. The van der Waals surface area contributed by atoms with E-state index in [2.05, 4.69) is 0 Å². The molecule has 0 saturated heterocycles. The number of aliphatic hydroxyl groups excluding tert-OH is 2. The predicted octanol–water partition coefficient (Wildman–Crippen LogP) is -1.43. The zero-order chi connectivity index (χ0) is 7.78. The van der Waals surface area contributed by atoms with Gasteiger partial charge in [0.25, 0.3) is 0 Å². The van der Waals surface area contributed by atoms with Crippen LogP contribution in [0.1, 0.15) is 19.3 Å². The van der Waals surface area contributed by atoms with Crippen molar-refractivity contribution in [3.8, 4) is 0 Å². The third kappa shape index (κ3) is 1.46. The second kappa shape index (κ2) is 2.47. The average Bonchev–Trinajstić information content (AvgIpc) is 1.81. The average molecular weight is 148 g/mol. The quantitative estimate of drug-likeness (QED) is 0.318. The molecule has 0 amide bonds. The van der Waals surface area contributed by atoms with E-state index in [-0.39, 0.29) is 12.8 Å². The van der Waals surface area contributed by atoms with Gasteiger partial charge in [-0.05, 0) is 6.42 Å². The van der Waals surface area contributed by atoms with Crippen molar-refractivity contribution in [1.29, 1.82) is 0 Å². The first-order chi connectivity index (χ1) is 4.52. The van der Waals surface area contributed by atoms with Crippen molar-refractivity contribution in [1.82, 2.24) is 0 Å². The standard InChI is InChI=1S/C6H12O4/c7-4-1-2-6(9,10)5(8)3-4/h4-5,7-10H,1-3H2. The van der Waals surface area contributed by atoms with Crippen LogP contribution < -0.4 is 0 Å². The van der Waals surface area contributed by atoms with Gasteiger partial charge in [-0.2, -0.15) is 0 Å². The van der Waals surface area contributed by atoms with Gasteiger partial charge in [-0.3, -0.25) is 0 Å². The number of rotatable bonds is 0. The maximum Gasteiger partial charge on any atom is 0.189 e. The zero-order valence-electron chi connectivity index (χ0n) is 5.56. The predicted molar refractivity (Wildman–Crippen MR) is 33.0 cm³/mol. The molecule has 4 N–H and O–H groups in total. The van der Waals surface area contributed by atoms with Crippen molar-refractivity contribution >= 4 is 0 Å². The minimum atomic E-state index is -1.99. The van der Waals surface area contributed by atoms with E-state index in [4.69, 9.17) is 20.4 Å². The summed E-state index contributed by atoms with van der Waals surface area (Å²) in [4.78, 5) is 0. The molecule has 2 unspecified atom stereocenters. The highest BCUT2D eigenvalue weighted by Gasteiger charge is 2.38. The molecule has 0 aromatic carbocycles. The number of hydrogen-bond donors (Lipinski definition) is 4. The van der Waals surface area contributed by atoms with Crippen LogP contribution in [-0.4, -0.2) is 38.4 Å². The topological polar surface area (TPSA) is 80.9 Å². The lowest BCUT2D eigenvalue weighted by molar-refractivity contribution is -0.250. The largest absolute Gasteiger partial charge is 0.393 e. The molecule has 0 bridgehead atoms. The highest BCUT2D eigenvalue weighted by Crippen LogP contribution is 2.25. The summed E-state index contributed by atoms with van der Waals surface area (Å²) in [6, 6.07) is 0. The molecule has 0 spiro atoms. The van der Waals surface area contributed by atoms with Gasteiger partial charge in [-0.25, -0.2) is 0 Å². The van der Waals surface area contributed by atoms with Crippen LogP contribution in [0.2, 0.25) is 0 Å². The van der Waals surface area contributed by atoms with Crippen molar-refractivity contribution in [2.45, 2.75) is 37.3 Å². The van der Waals surface area contributed by atoms with Gasteiger partial charge in [0.2, 0.25) is 0 Å². The molecule has 0 aliphatic heterocycles. The van der Waals surface area contributed by atoms with Crippen LogP contribution >= 0.6 is 0 Å². The summed E-state index contributed by atoms with van der Waals surface area (Å²) in [5.41, 5.74) is 0. The van der Waals surface area contributed by atoms with Gasteiger partial charge >= 0.3 is 0 Å². The summed E-state index contributed by atoms with van der Waals surface area (Å²) in [5, 5.41) is 35.8. The molecule has 0 heterocycles. The lowest BCUT2D eigenvalue weighted by Crippen LogP contribution is -2.48. The van der Waals surface area contributed by atoms with Gasteiger partial charge < -0.3 is 20.4 Å². The van der Waals surface area contributed by atoms with E-state index in [1.807, 2.05) is 0 Å². The molecule has 60 valence electrons. The maximum atomic E-state index is 8.96. The summed E-state index contributed by atoms with van der Waals surface area (Å²) in [6.07, 6.45) is -1.38. The van der Waals surface area contributed by atoms with Crippen LogP contribution in [0.4, 0.5) is 0 Å². The van der Waals surface area contributed by atoms with E-state index in [0.29, 0.717) is 6.42 Å². The molecule has 4 heteroatoms. The molecular formula is C6H12O4. The lowest BCUT2D eigenvalue weighted by atomic mass is 9.89. The third-order valence-electron chi connectivity index (χ3n) is 1.87. The second-order valence-electron chi connectivity index (χ2n) is 2.82. The third-order valence-corrected chi connectivity index (χ3v) is 1.87. The van der Waals surface area contributed by atoms with E-state index in [1.165, 1.54) is 0 Å². The Balaban J connectivity index is 2.52. The van der Waals surface area contributed by atoms with E-state index in [9.17, 15) is 0 Å². The van der Waals surface area contributed by atoms with Gasteiger partial charge in [0.1, 0.15) is 6.10 Å². The lowest BCUT2D eigenvalue weighted by Gasteiger charge is -2.34. The molecule has 0 aromatic heterocycles. The van der Waals surface area contributed by atoms with Crippen LogP contribution in [-0.2, 0) is 0 Å². The van der Waals surface area contributed by atoms with Crippen LogP contribution in [0.3, 0.4) is 0 Å². The molecule has 1 saturated carbocycles. The molecule has 0 aromatic rings. The van der Waals surface area contributed by atoms with Crippen LogP contribution in [0.5, 0.6) is 0 Å². The Morgan fingerprint density at radius 2 is 1.80 bits per heavy atom. The highest BCUT2D eigenvalue weighted by atomic mass is 16.5. The van der Waals surface area contributed by atoms with Crippen LogP contribution in [0.15, 0.2) is 0 Å². The summed E-state index contributed by atoms with van der Waals surface area (Å²) in [6.45, 7) is 0. The molecular weight excluding hydrogens is 136 g/mol. The molecule has 1 aliphatic carbocycles. The fourth-order valence-corrected chi connectivity index (χ4v) is 1.11. The maximum absolute atomic E-state index is 8.96. The summed E-state index contributed by atoms with van der Waals surface area (Å²) >= 11 is 0. The number of hydrogen-bond acceptors (Lipinski definition) is 4. The fraction of sp³-hybridized carbons (Fsp3) is 1.00. The summed E-state index contributed by atoms with van der Waals surface area (Å²) < 4.78 is 0. The molecule has 2 atom stereocenters. The Morgan fingerprint density at radius 1 is 1.20 bits per heavy atom. The van der Waals surface area contributed by atoms with Gasteiger partial charge in [-0.1, -0.05) is 0 Å². The molecule has 0 radical (unpaired) electrons. The minimum Gasteiger partial charge on any atom is -0.393 e. The minimum absolute atomic E-state index is 0.0370. The van der Waals surface area contributed by atoms with E-state index in [0.717, 1.165) is 0 Å². The van der Waals surface area contributed by atoms with Gasteiger partial charge in [-0.15, -0.1) is 0 Å². The Bertz CT molecular complexity index is 123. The molecule has 1 rings (SSSR count). The fourth-order valence-electron chi connectivity index (χ4n) is 1.11. The first-order valence-electron chi connectivity index (χ1n) is 3.33. The first kappa shape index (κ1) is 7.94. The Hall–Kier alpha value is -0.160. The highest BCUT2D eigenvalue weighted by molar-refractivity contribution is 4.83. The SMILES string of the molecule is OC1CCC(O)(O)C(O)C1. The van der Waals surface area contributed by atoms with Crippen molar-refractivity contribution in [3.63, 3.8) is 0 Å². The van der Waals surface area contributed by atoms with Crippen molar-refractivity contribution < 1.29 is 20.4 Å². The van der Waals surface area contributed by atoms with Gasteiger partial charge in [0, 0.05) is 12.8 Å². The van der Waals surface area contributed by atoms with Crippen molar-refractivity contribution in [3.05, 3.63) is 0 Å².